The van der Waals surface area contributed by atoms with Crippen LogP contribution in [0.15, 0.2) is 16.6 Å². The quantitative estimate of drug-likeness (QED) is 0.911. The van der Waals surface area contributed by atoms with Crippen molar-refractivity contribution < 1.29 is 9.53 Å². The zero-order chi connectivity index (χ0) is 14.4. The van der Waals surface area contributed by atoms with Crippen LogP contribution in [0.4, 0.5) is 0 Å². The van der Waals surface area contributed by atoms with Gasteiger partial charge in [-0.15, -0.1) is 0 Å². The lowest BCUT2D eigenvalue weighted by Crippen LogP contribution is -2.31. The summed E-state index contributed by atoms with van der Waals surface area (Å²) in [5, 5.41) is 3.39. The second-order valence-electron chi connectivity index (χ2n) is 6.66. The number of ether oxygens (including phenoxy) is 1. The maximum absolute atomic E-state index is 12.7. The van der Waals surface area contributed by atoms with Crippen LogP contribution in [0.25, 0.3) is 0 Å². The zero-order valence-electron chi connectivity index (χ0n) is 12.1. The minimum atomic E-state index is 0.288. The molecule has 1 saturated heterocycles. The highest BCUT2D eigenvalue weighted by Gasteiger charge is 2.57. The molecule has 3 nitrogen and oxygen atoms in total. The molecule has 0 aromatic heterocycles. The molecule has 1 unspecified atom stereocenters. The number of hydrogen-bond acceptors (Lipinski definition) is 3. The number of benzene rings is 1. The number of nitrogens with one attached hydrogen (secondary N) is 1. The second-order valence-corrected chi connectivity index (χ2v) is 7.58. The van der Waals surface area contributed by atoms with Crippen LogP contribution in [0.2, 0.25) is 0 Å². The predicted octanol–water partition coefficient (Wildman–Crippen LogP) is 2.89. The van der Waals surface area contributed by atoms with Crippen molar-refractivity contribution in [3.63, 3.8) is 0 Å². The van der Waals surface area contributed by atoms with Gasteiger partial charge in [-0.1, -0.05) is 15.9 Å². The molecule has 2 aliphatic heterocycles. The molecule has 1 saturated carbocycles. The van der Waals surface area contributed by atoms with E-state index in [1.165, 1.54) is 5.56 Å². The molecule has 4 rings (SSSR count). The number of carbonyl (C=O) groups excluding carboxylic acids is 1. The summed E-state index contributed by atoms with van der Waals surface area (Å²) in [4.78, 5) is 12.7. The monoisotopic (exact) mass is 349 g/mol. The Kier molecular flexibility index (Phi) is 3.34. The number of rotatable bonds is 3. The Morgan fingerprint density at radius 3 is 3.00 bits per heavy atom. The van der Waals surface area contributed by atoms with E-state index in [9.17, 15) is 4.79 Å². The molecule has 1 aliphatic carbocycles. The number of carbonyl (C=O) groups is 1. The molecule has 2 heterocycles. The maximum Gasteiger partial charge on any atom is 0.141 e. The predicted molar refractivity (Wildman–Crippen MR) is 84.7 cm³/mol. The number of ketones is 1. The molecule has 0 amide bonds. The van der Waals surface area contributed by atoms with Crippen molar-refractivity contribution >= 4 is 21.7 Å². The SMILES string of the molecule is O=C(Cc1cc(Br)cc2c1OCC2)C1CC12CCNCC2. The van der Waals surface area contributed by atoms with Crippen LogP contribution < -0.4 is 10.1 Å². The highest BCUT2D eigenvalue weighted by molar-refractivity contribution is 9.10. The molecule has 21 heavy (non-hydrogen) atoms. The van der Waals surface area contributed by atoms with Gasteiger partial charge in [0, 0.05) is 28.8 Å². The van der Waals surface area contributed by atoms with Crippen LogP contribution in [-0.2, 0) is 17.6 Å². The third-order valence-corrected chi connectivity index (χ3v) is 5.83. The smallest absolute Gasteiger partial charge is 0.141 e. The lowest BCUT2D eigenvalue weighted by Gasteiger charge is -2.23. The first-order valence-electron chi connectivity index (χ1n) is 7.85. The average molecular weight is 350 g/mol. The minimum Gasteiger partial charge on any atom is -0.493 e. The molecule has 112 valence electrons. The molecule has 0 radical (unpaired) electrons. The van der Waals surface area contributed by atoms with E-state index in [2.05, 4.69) is 33.4 Å². The van der Waals surface area contributed by atoms with E-state index in [1.807, 2.05) is 0 Å². The van der Waals surface area contributed by atoms with E-state index >= 15 is 0 Å². The number of halogens is 1. The van der Waals surface area contributed by atoms with Crippen LogP contribution in [0, 0.1) is 11.3 Å². The lowest BCUT2D eigenvalue weighted by molar-refractivity contribution is -0.120. The zero-order valence-corrected chi connectivity index (χ0v) is 13.7. The highest BCUT2D eigenvalue weighted by atomic mass is 79.9. The third-order valence-electron chi connectivity index (χ3n) is 5.37. The molecule has 1 aromatic carbocycles. The first-order chi connectivity index (χ1) is 10.2. The van der Waals surface area contributed by atoms with Crippen LogP contribution >= 0.6 is 15.9 Å². The summed E-state index contributed by atoms with van der Waals surface area (Å²) >= 11 is 3.55. The molecule has 1 atom stereocenters. The fourth-order valence-electron chi connectivity index (χ4n) is 4.07. The lowest BCUT2D eigenvalue weighted by atomic mass is 9.89. The molecule has 1 spiro atoms. The first-order valence-corrected chi connectivity index (χ1v) is 8.65. The summed E-state index contributed by atoms with van der Waals surface area (Å²) in [6.07, 6.45) is 4.91. The van der Waals surface area contributed by atoms with Gasteiger partial charge in [0.15, 0.2) is 0 Å². The van der Waals surface area contributed by atoms with Crippen molar-refractivity contribution in [2.45, 2.75) is 32.1 Å². The van der Waals surface area contributed by atoms with Gasteiger partial charge in [-0.2, -0.15) is 0 Å². The number of fused-ring (bicyclic) bond motifs is 1. The van der Waals surface area contributed by atoms with E-state index in [0.717, 1.165) is 61.2 Å². The highest BCUT2D eigenvalue weighted by Crippen LogP contribution is 2.59. The molecule has 1 N–H and O–H groups in total. The van der Waals surface area contributed by atoms with Gasteiger partial charge in [-0.05, 0) is 55.5 Å². The Morgan fingerprint density at radius 1 is 1.38 bits per heavy atom. The molecule has 2 fully saturated rings. The van der Waals surface area contributed by atoms with Gasteiger partial charge in [0.2, 0.25) is 0 Å². The van der Waals surface area contributed by atoms with Crippen LogP contribution in [-0.4, -0.2) is 25.5 Å². The maximum atomic E-state index is 12.7. The molecule has 0 bridgehead atoms. The van der Waals surface area contributed by atoms with Crippen molar-refractivity contribution in [2.24, 2.45) is 11.3 Å². The molecule has 1 aromatic rings. The van der Waals surface area contributed by atoms with E-state index in [0.29, 0.717) is 17.6 Å². The second kappa shape index (κ2) is 5.10. The van der Waals surface area contributed by atoms with Crippen molar-refractivity contribution in [1.29, 1.82) is 0 Å². The van der Waals surface area contributed by atoms with Gasteiger partial charge in [0.05, 0.1) is 6.61 Å². The van der Waals surface area contributed by atoms with Crippen LogP contribution in [0.3, 0.4) is 0 Å². The summed E-state index contributed by atoms with van der Waals surface area (Å²) in [7, 11) is 0. The van der Waals surface area contributed by atoms with E-state index in [4.69, 9.17) is 4.74 Å². The van der Waals surface area contributed by atoms with Gasteiger partial charge < -0.3 is 10.1 Å². The van der Waals surface area contributed by atoms with Crippen molar-refractivity contribution in [1.82, 2.24) is 5.32 Å². The summed E-state index contributed by atoms with van der Waals surface area (Å²) in [6.45, 7) is 2.88. The topological polar surface area (TPSA) is 38.3 Å². The Hall–Kier alpha value is -0.870. The Bertz CT molecular complexity index is 593. The molecular formula is C17H20BrNO2. The van der Waals surface area contributed by atoms with Crippen molar-refractivity contribution in [3.8, 4) is 5.75 Å². The normalized spacial score (nSPS) is 25.5. The average Bonchev–Trinajstić information content (AvgIpc) is 2.94. The fourth-order valence-corrected chi connectivity index (χ4v) is 4.62. The summed E-state index contributed by atoms with van der Waals surface area (Å²) in [5.74, 6) is 1.66. The molecule has 3 aliphatic rings. The fraction of sp³-hybridized carbons (Fsp3) is 0.588. The van der Waals surface area contributed by atoms with E-state index < -0.39 is 0 Å². The van der Waals surface area contributed by atoms with Crippen molar-refractivity contribution in [2.75, 3.05) is 19.7 Å². The standard InChI is InChI=1S/C17H20BrNO2/c18-13-7-11-1-6-21-16(11)12(8-13)9-15(20)14-10-17(14)2-4-19-5-3-17/h7-8,14,19H,1-6,9-10H2. The number of hydrogen-bond donors (Lipinski definition) is 1. The van der Waals surface area contributed by atoms with Gasteiger partial charge in [-0.25, -0.2) is 0 Å². The van der Waals surface area contributed by atoms with E-state index in [1.54, 1.807) is 0 Å². The third kappa shape index (κ3) is 2.42. The first kappa shape index (κ1) is 13.8. The van der Waals surface area contributed by atoms with Gasteiger partial charge >= 0.3 is 0 Å². The van der Waals surface area contributed by atoms with Gasteiger partial charge in [-0.3, -0.25) is 4.79 Å². The number of Topliss-reactive ketones (excluding diaryl/α,β-unsaturated/α-hetero) is 1. The van der Waals surface area contributed by atoms with Gasteiger partial charge in [0.25, 0.3) is 0 Å². The van der Waals surface area contributed by atoms with E-state index in [-0.39, 0.29) is 5.92 Å². The van der Waals surface area contributed by atoms with Crippen molar-refractivity contribution in [3.05, 3.63) is 27.7 Å². The minimum absolute atomic E-state index is 0.288. The Morgan fingerprint density at radius 2 is 2.19 bits per heavy atom. The Balaban J connectivity index is 1.51. The largest absolute Gasteiger partial charge is 0.493 e. The van der Waals surface area contributed by atoms with Crippen LogP contribution in [0.1, 0.15) is 30.4 Å². The van der Waals surface area contributed by atoms with Crippen LogP contribution in [0.5, 0.6) is 5.75 Å². The summed E-state index contributed by atoms with van der Waals surface area (Å²) in [5.41, 5.74) is 2.63. The number of piperidine rings is 1. The van der Waals surface area contributed by atoms with Gasteiger partial charge in [0.1, 0.15) is 11.5 Å². The summed E-state index contributed by atoms with van der Waals surface area (Å²) in [6, 6.07) is 4.17. The molecule has 4 heteroatoms. The Labute approximate surface area is 133 Å². The molecular weight excluding hydrogens is 330 g/mol. The summed E-state index contributed by atoms with van der Waals surface area (Å²) < 4.78 is 6.80.